The lowest BCUT2D eigenvalue weighted by atomic mass is 10.2. The van der Waals surface area contributed by atoms with Gasteiger partial charge >= 0.3 is 0 Å². The van der Waals surface area contributed by atoms with Crippen molar-refractivity contribution in [1.82, 2.24) is 9.38 Å². The van der Waals surface area contributed by atoms with Crippen LogP contribution in [-0.2, 0) is 6.61 Å². The van der Waals surface area contributed by atoms with E-state index in [4.69, 9.17) is 10.5 Å². The molecule has 20 heavy (non-hydrogen) atoms. The van der Waals surface area contributed by atoms with Gasteiger partial charge in [-0.3, -0.25) is 4.40 Å². The van der Waals surface area contributed by atoms with Crippen molar-refractivity contribution >= 4 is 27.1 Å². The summed E-state index contributed by atoms with van der Waals surface area (Å²) in [7, 11) is 0. The highest BCUT2D eigenvalue weighted by atomic mass is 79.9. The number of pyridine rings is 1. The first-order valence-electron chi connectivity index (χ1n) is 6.25. The van der Waals surface area contributed by atoms with Crippen molar-refractivity contribution in [2.24, 2.45) is 0 Å². The molecule has 0 bridgehead atoms. The maximum atomic E-state index is 5.79. The Morgan fingerprint density at radius 3 is 2.75 bits per heavy atom. The molecule has 102 valence electrons. The molecule has 5 heteroatoms. The minimum Gasteiger partial charge on any atom is -0.486 e. The SMILES string of the molecule is Cc1ccc(OCc2nc(Br)c3cc(N)ccn23)cc1. The molecular formula is C15H14BrN3O. The minimum absolute atomic E-state index is 0.403. The molecular weight excluding hydrogens is 318 g/mol. The van der Waals surface area contributed by atoms with Gasteiger partial charge in [-0.1, -0.05) is 17.7 Å². The van der Waals surface area contributed by atoms with Gasteiger partial charge in [-0.15, -0.1) is 0 Å². The topological polar surface area (TPSA) is 52.5 Å². The molecule has 1 aromatic carbocycles. The Labute approximate surface area is 125 Å². The maximum Gasteiger partial charge on any atom is 0.152 e. The fourth-order valence-electron chi connectivity index (χ4n) is 2.01. The van der Waals surface area contributed by atoms with Crippen molar-refractivity contribution in [2.45, 2.75) is 13.5 Å². The fraction of sp³-hybridized carbons (Fsp3) is 0.133. The summed E-state index contributed by atoms with van der Waals surface area (Å²) in [5, 5.41) is 0. The van der Waals surface area contributed by atoms with Crippen LogP contribution in [0.3, 0.4) is 0 Å². The van der Waals surface area contributed by atoms with Crippen molar-refractivity contribution in [3.8, 4) is 5.75 Å². The Morgan fingerprint density at radius 2 is 2.00 bits per heavy atom. The Bertz CT molecular complexity index is 750. The molecule has 0 saturated heterocycles. The standard InChI is InChI=1S/C15H14BrN3O/c1-10-2-4-12(5-3-10)20-9-14-18-15(16)13-8-11(17)6-7-19(13)14/h2-8H,9,17H2,1H3. The van der Waals surface area contributed by atoms with Crippen LogP contribution < -0.4 is 10.5 Å². The van der Waals surface area contributed by atoms with Crippen molar-refractivity contribution < 1.29 is 4.74 Å². The van der Waals surface area contributed by atoms with Crippen molar-refractivity contribution in [3.63, 3.8) is 0 Å². The number of ether oxygens (including phenoxy) is 1. The number of hydrogen-bond donors (Lipinski definition) is 1. The maximum absolute atomic E-state index is 5.79. The van der Waals surface area contributed by atoms with Crippen LogP contribution in [-0.4, -0.2) is 9.38 Å². The predicted octanol–water partition coefficient (Wildman–Crippen LogP) is 3.57. The zero-order chi connectivity index (χ0) is 14.1. The molecule has 0 fully saturated rings. The van der Waals surface area contributed by atoms with E-state index in [2.05, 4.69) is 20.9 Å². The van der Waals surface area contributed by atoms with Gasteiger partial charge in [-0.2, -0.15) is 0 Å². The summed E-state index contributed by atoms with van der Waals surface area (Å²) in [5.41, 5.74) is 8.65. The van der Waals surface area contributed by atoms with Crippen molar-refractivity contribution in [2.75, 3.05) is 5.73 Å². The Kier molecular flexibility index (Phi) is 3.36. The molecule has 2 heterocycles. The van der Waals surface area contributed by atoms with Gasteiger partial charge in [0.2, 0.25) is 0 Å². The van der Waals surface area contributed by atoms with Gasteiger partial charge in [-0.05, 0) is 47.1 Å². The second kappa shape index (κ2) is 5.17. The summed E-state index contributed by atoms with van der Waals surface area (Å²) in [6.45, 7) is 2.45. The van der Waals surface area contributed by atoms with Crippen LogP contribution in [0, 0.1) is 6.92 Å². The number of imidazole rings is 1. The van der Waals surface area contributed by atoms with Crippen LogP contribution in [0.1, 0.15) is 11.4 Å². The lowest BCUT2D eigenvalue weighted by molar-refractivity contribution is 0.295. The van der Waals surface area contributed by atoms with Gasteiger partial charge in [0.25, 0.3) is 0 Å². The molecule has 3 aromatic rings. The van der Waals surface area contributed by atoms with E-state index in [1.165, 1.54) is 5.56 Å². The zero-order valence-corrected chi connectivity index (χ0v) is 12.6. The van der Waals surface area contributed by atoms with Gasteiger partial charge in [0, 0.05) is 11.9 Å². The lowest BCUT2D eigenvalue weighted by Crippen LogP contribution is -2.01. The van der Waals surface area contributed by atoms with Crippen LogP contribution in [0.2, 0.25) is 0 Å². The third-order valence-electron chi connectivity index (χ3n) is 3.08. The highest BCUT2D eigenvalue weighted by molar-refractivity contribution is 9.10. The quantitative estimate of drug-likeness (QED) is 0.798. The zero-order valence-electron chi connectivity index (χ0n) is 11.0. The second-order valence-electron chi connectivity index (χ2n) is 4.64. The number of nitrogen functional groups attached to an aromatic ring is 1. The summed E-state index contributed by atoms with van der Waals surface area (Å²) in [4.78, 5) is 4.46. The van der Waals surface area contributed by atoms with Crippen molar-refractivity contribution in [3.05, 3.63) is 58.6 Å². The molecule has 0 unspecified atom stereocenters. The third-order valence-corrected chi connectivity index (χ3v) is 3.67. The first kappa shape index (κ1) is 13.0. The summed E-state index contributed by atoms with van der Waals surface area (Å²) in [6.07, 6.45) is 1.90. The molecule has 0 amide bonds. The number of aryl methyl sites for hydroxylation is 1. The average Bonchev–Trinajstić information content (AvgIpc) is 2.74. The smallest absolute Gasteiger partial charge is 0.152 e. The summed E-state index contributed by atoms with van der Waals surface area (Å²) < 4.78 is 8.50. The number of aromatic nitrogens is 2. The predicted molar refractivity (Wildman–Crippen MR) is 82.8 cm³/mol. The summed E-state index contributed by atoms with van der Waals surface area (Å²) in [6, 6.07) is 11.7. The molecule has 0 atom stereocenters. The number of benzene rings is 1. The lowest BCUT2D eigenvalue weighted by Gasteiger charge is -2.06. The molecule has 0 saturated carbocycles. The average molecular weight is 332 g/mol. The number of nitrogens with two attached hydrogens (primary N) is 1. The van der Waals surface area contributed by atoms with Gasteiger partial charge in [0.1, 0.15) is 17.0 Å². The Hall–Kier alpha value is -2.01. The highest BCUT2D eigenvalue weighted by Gasteiger charge is 2.09. The second-order valence-corrected chi connectivity index (χ2v) is 5.39. The van der Waals surface area contributed by atoms with Crippen LogP contribution in [0.5, 0.6) is 5.75 Å². The van der Waals surface area contributed by atoms with E-state index in [1.807, 2.05) is 53.9 Å². The van der Waals surface area contributed by atoms with Crippen LogP contribution >= 0.6 is 15.9 Å². The Balaban J connectivity index is 1.86. The number of hydrogen-bond acceptors (Lipinski definition) is 3. The number of anilines is 1. The van der Waals surface area contributed by atoms with Gasteiger partial charge in [-0.25, -0.2) is 4.98 Å². The normalized spacial score (nSPS) is 10.9. The third kappa shape index (κ3) is 2.49. The molecule has 2 N–H and O–H groups in total. The van der Waals surface area contributed by atoms with Crippen LogP contribution in [0.25, 0.3) is 5.52 Å². The first-order chi connectivity index (χ1) is 9.63. The van der Waals surface area contributed by atoms with E-state index in [1.54, 1.807) is 0 Å². The molecule has 0 aliphatic rings. The van der Waals surface area contributed by atoms with E-state index < -0.39 is 0 Å². The van der Waals surface area contributed by atoms with E-state index in [-0.39, 0.29) is 0 Å². The largest absolute Gasteiger partial charge is 0.486 e. The number of nitrogens with zero attached hydrogens (tertiary/aromatic N) is 2. The molecule has 0 aliphatic carbocycles. The molecule has 2 aromatic heterocycles. The van der Waals surface area contributed by atoms with Crippen LogP contribution in [0.15, 0.2) is 47.2 Å². The van der Waals surface area contributed by atoms with E-state index in [0.717, 1.165) is 21.7 Å². The summed E-state index contributed by atoms with van der Waals surface area (Å²) >= 11 is 3.44. The van der Waals surface area contributed by atoms with Gasteiger partial charge in [0.05, 0.1) is 5.52 Å². The van der Waals surface area contributed by atoms with Gasteiger partial charge in [0.15, 0.2) is 5.82 Å². The molecule has 3 rings (SSSR count). The monoisotopic (exact) mass is 331 g/mol. The van der Waals surface area contributed by atoms with Crippen LogP contribution in [0.4, 0.5) is 5.69 Å². The number of rotatable bonds is 3. The fourth-order valence-corrected chi connectivity index (χ4v) is 2.52. The molecule has 4 nitrogen and oxygen atoms in total. The van der Waals surface area contributed by atoms with E-state index in [9.17, 15) is 0 Å². The number of fused-ring (bicyclic) bond motifs is 1. The Morgan fingerprint density at radius 1 is 1.25 bits per heavy atom. The van der Waals surface area contributed by atoms with Gasteiger partial charge < -0.3 is 10.5 Å². The van der Waals surface area contributed by atoms with E-state index >= 15 is 0 Å². The van der Waals surface area contributed by atoms with Crippen molar-refractivity contribution in [1.29, 1.82) is 0 Å². The highest BCUT2D eigenvalue weighted by Crippen LogP contribution is 2.22. The minimum atomic E-state index is 0.403. The number of halogens is 1. The molecule has 0 aliphatic heterocycles. The first-order valence-corrected chi connectivity index (χ1v) is 7.04. The molecule has 0 spiro atoms. The summed E-state index contributed by atoms with van der Waals surface area (Å²) in [5.74, 6) is 1.66. The van der Waals surface area contributed by atoms with E-state index in [0.29, 0.717) is 12.3 Å². The molecule has 0 radical (unpaired) electrons.